The highest BCUT2D eigenvalue weighted by molar-refractivity contribution is 6.00. The minimum absolute atomic E-state index is 0.300. The molecule has 0 bridgehead atoms. The van der Waals surface area contributed by atoms with Gasteiger partial charge in [-0.05, 0) is 13.0 Å². The highest BCUT2D eigenvalue weighted by Gasteiger charge is 2.16. The lowest BCUT2D eigenvalue weighted by molar-refractivity contribution is 0.0948. The summed E-state index contributed by atoms with van der Waals surface area (Å²) in [5.41, 5.74) is 6.39. The van der Waals surface area contributed by atoms with Crippen LogP contribution in [0.15, 0.2) is 12.1 Å². The lowest BCUT2D eigenvalue weighted by Crippen LogP contribution is -2.31. The van der Waals surface area contributed by atoms with Gasteiger partial charge in [-0.1, -0.05) is 5.92 Å². The van der Waals surface area contributed by atoms with Crippen LogP contribution < -0.4 is 20.5 Å². The highest BCUT2D eigenvalue weighted by atomic mass is 16.5. The van der Waals surface area contributed by atoms with E-state index in [9.17, 15) is 4.79 Å². The number of hydrogen-bond donors (Lipinski definition) is 2. The van der Waals surface area contributed by atoms with Crippen LogP contribution in [0.2, 0.25) is 0 Å². The van der Waals surface area contributed by atoms with Gasteiger partial charge in [-0.25, -0.2) is 0 Å². The van der Waals surface area contributed by atoms with Gasteiger partial charge in [0.25, 0.3) is 5.91 Å². The van der Waals surface area contributed by atoms with Gasteiger partial charge in [-0.2, -0.15) is 0 Å². The lowest BCUT2D eigenvalue weighted by Gasteiger charge is -2.13. The fourth-order valence-corrected chi connectivity index (χ4v) is 1.41. The first kappa shape index (κ1) is 13.7. The second kappa shape index (κ2) is 5.82. The molecule has 0 saturated carbocycles. The summed E-state index contributed by atoms with van der Waals surface area (Å²) in [5.74, 6) is 2.96. The summed E-state index contributed by atoms with van der Waals surface area (Å²) < 4.78 is 10.2. The van der Waals surface area contributed by atoms with E-state index in [1.165, 1.54) is 26.4 Å². The van der Waals surface area contributed by atoms with E-state index in [2.05, 4.69) is 11.2 Å². The normalized spacial score (nSPS) is 11.2. The summed E-state index contributed by atoms with van der Waals surface area (Å²) in [7, 11) is 2.98. The first-order valence-corrected chi connectivity index (χ1v) is 5.32. The molecule has 0 aliphatic heterocycles. The summed E-state index contributed by atoms with van der Waals surface area (Å²) in [4.78, 5) is 11.9. The lowest BCUT2D eigenvalue weighted by atomic mass is 10.1. The Bertz CT molecular complexity index is 492. The maximum atomic E-state index is 11.9. The Balaban J connectivity index is 3.10. The van der Waals surface area contributed by atoms with Crippen molar-refractivity contribution >= 4 is 11.6 Å². The van der Waals surface area contributed by atoms with Crippen molar-refractivity contribution in [3.63, 3.8) is 0 Å². The molecule has 1 rings (SSSR count). The largest absolute Gasteiger partial charge is 0.493 e. The number of amides is 1. The molecule has 0 aliphatic carbocycles. The maximum Gasteiger partial charge on any atom is 0.254 e. The number of hydrogen-bond acceptors (Lipinski definition) is 4. The number of nitrogen functional groups attached to an aromatic ring is 1. The number of anilines is 1. The van der Waals surface area contributed by atoms with Gasteiger partial charge >= 0.3 is 0 Å². The fraction of sp³-hybridized carbons (Fsp3) is 0.308. The molecule has 0 saturated heterocycles. The van der Waals surface area contributed by atoms with Crippen molar-refractivity contribution in [2.24, 2.45) is 0 Å². The standard InChI is InChI=1S/C13H16N2O3/c1-5-8(2)15-13(16)9-6-11(17-3)12(18-4)7-10(9)14/h1,6-8H,14H2,2-4H3,(H,15,16). The molecule has 1 aromatic rings. The molecule has 0 heterocycles. The molecule has 96 valence electrons. The number of benzene rings is 1. The Hall–Kier alpha value is -2.35. The maximum absolute atomic E-state index is 11.9. The van der Waals surface area contributed by atoms with Gasteiger partial charge < -0.3 is 20.5 Å². The van der Waals surface area contributed by atoms with E-state index in [-0.39, 0.29) is 11.9 Å². The van der Waals surface area contributed by atoms with Crippen LogP contribution in [-0.4, -0.2) is 26.2 Å². The number of methoxy groups -OCH3 is 2. The topological polar surface area (TPSA) is 73.6 Å². The van der Waals surface area contributed by atoms with Gasteiger partial charge in [0.1, 0.15) is 0 Å². The van der Waals surface area contributed by atoms with Crippen LogP contribution in [0.3, 0.4) is 0 Å². The summed E-state index contributed by atoms with van der Waals surface area (Å²) in [6, 6.07) is 2.69. The van der Waals surface area contributed by atoms with E-state index in [4.69, 9.17) is 21.6 Å². The quantitative estimate of drug-likeness (QED) is 0.616. The molecule has 1 amide bonds. The predicted octanol–water partition coefficient (Wildman–Crippen LogP) is 1.04. The predicted molar refractivity (Wildman–Crippen MR) is 69.7 cm³/mol. The molecule has 1 atom stereocenters. The summed E-state index contributed by atoms with van der Waals surface area (Å²) in [6.45, 7) is 1.70. The monoisotopic (exact) mass is 248 g/mol. The van der Waals surface area contributed by atoms with Gasteiger partial charge in [0.15, 0.2) is 11.5 Å². The van der Waals surface area contributed by atoms with Crippen molar-refractivity contribution in [2.75, 3.05) is 20.0 Å². The Morgan fingerprint density at radius 2 is 1.94 bits per heavy atom. The van der Waals surface area contributed by atoms with E-state index in [0.29, 0.717) is 22.7 Å². The van der Waals surface area contributed by atoms with Crippen LogP contribution in [0, 0.1) is 12.3 Å². The SMILES string of the molecule is C#CC(C)NC(=O)c1cc(OC)c(OC)cc1N. The van der Waals surface area contributed by atoms with Crippen molar-refractivity contribution in [3.05, 3.63) is 17.7 Å². The zero-order chi connectivity index (χ0) is 13.7. The van der Waals surface area contributed by atoms with Crippen molar-refractivity contribution in [1.82, 2.24) is 5.32 Å². The minimum atomic E-state index is -0.370. The third-order valence-corrected chi connectivity index (χ3v) is 2.40. The Kier molecular flexibility index (Phi) is 4.44. The van der Waals surface area contributed by atoms with Gasteiger partial charge in [0.2, 0.25) is 0 Å². The molecule has 0 aliphatic rings. The van der Waals surface area contributed by atoms with Crippen LogP contribution in [0.5, 0.6) is 11.5 Å². The number of rotatable bonds is 4. The van der Waals surface area contributed by atoms with Crippen LogP contribution in [0.25, 0.3) is 0 Å². The number of nitrogens with one attached hydrogen (secondary N) is 1. The molecular formula is C13H16N2O3. The molecule has 18 heavy (non-hydrogen) atoms. The number of carbonyl (C=O) groups is 1. The van der Waals surface area contributed by atoms with E-state index in [0.717, 1.165) is 0 Å². The molecule has 0 fully saturated rings. The molecule has 3 N–H and O–H groups in total. The molecule has 5 heteroatoms. The minimum Gasteiger partial charge on any atom is -0.493 e. The van der Waals surface area contributed by atoms with Crippen molar-refractivity contribution in [2.45, 2.75) is 13.0 Å². The van der Waals surface area contributed by atoms with Crippen LogP contribution in [0.1, 0.15) is 17.3 Å². The average molecular weight is 248 g/mol. The van der Waals surface area contributed by atoms with Crippen molar-refractivity contribution in [3.8, 4) is 23.8 Å². The number of ether oxygens (including phenoxy) is 2. The summed E-state index contributed by atoms with van der Waals surface area (Å²) in [5, 5.41) is 2.62. The molecule has 1 aromatic carbocycles. The summed E-state index contributed by atoms with van der Waals surface area (Å²) >= 11 is 0. The van der Waals surface area contributed by atoms with E-state index < -0.39 is 0 Å². The zero-order valence-electron chi connectivity index (χ0n) is 10.6. The molecule has 0 spiro atoms. The van der Waals surface area contributed by atoms with Crippen molar-refractivity contribution < 1.29 is 14.3 Å². The Labute approximate surface area is 106 Å². The second-order valence-corrected chi connectivity index (χ2v) is 3.66. The number of terminal acetylenes is 1. The third kappa shape index (κ3) is 2.86. The molecule has 0 aromatic heterocycles. The van der Waals surface area contributed by atoms with Crippen LogP contribution >= 0.6 is 0 Å². The fourth-order valence-electron chi connectivity index (χ4n) is 1.41. The molecule has 1 unspecified atom stereocenters. The van der Waals surface area contributed by atoms with Gasteiger partial charge in [0, 0.05) is 11.8 Å². The number of carbonyl (C=O) groups excluding carboxylic acids is 1. The van der Waals surface area contributed by atoms with E-state index in [1.54, 1.807) is 6.92 Å². The Morgan fingerprint density at radius 1 is 1.39 bits per heavy atom. The average Bonchev–Trinajstić information content (AvgIpc) is 2.37. The van der Waals surface area contributed by atoms with E-state index in [1.807, 2.05) is 0 Å². The number of nitrogens with two attached hydrogens (primary N) is 1. The third-order valence-electron chi connectivity index (χ3n) is 2.40. The second-order valence-electron chi connectivity index (χ2n) is 3.66. The van der Waals surface area contributed by atoms with Gasteiger partial charge in [-0.3, -0.25) is 4.79 Å². The summed E-state index contributed by atoms with van der Waals surface area (Å²) in [6.07, 6.45) is 5.20. The van der Waals surface area contributed by atoms with Crippen molar-refractivity contribution in [1.29, 1.82) is 0 Å². The zero-order valence-corrected chi connectivity index (χ0v) is 10.6. The van der Waals surface area contributed by atoms with E-state index >= 15 is 0 Å². The molecule has 0 radical (unpaired) electrons. The highest BCUT2D eigenvalue weighted by Crippen LogP contribution is 2.31. The van der Waals surface area contributed by atoms with Gasteiger partial charge in [-0.15, -0.1) is 6.42 Å². The molecule has 5 nitrogen and oxygen atoms in total. The smallest absolute Gasteiger partial charge is 0.254 e. The molecular weight excluding hydrogens is 232 g/mol. The first-order valence-electron chi connectivity index (χ1n) is 5.32. The van der Waals surface area contributed by atoms with Crippen LogP contribution in [-0.2, 0) is 0 Å². The Morgan fingerprint density at radius 3 is 2.44 bits per heavy atom. The van der Waals surface area contributed by atoms with Crippen LogP contribution in [0.4, 0.5) is 5.69 Å². The van der Waals surface area contributed by atoms with Gasteiger partial charge in [0.05, 0.1) is 25.8 Å². The first-order chi connectivity index (χ1) is 8.53.